The van der Waals surface area contributed by atoms with E-state index in [0.29, 0.717) is 16.5 Å². The maximum atomic E-state index is 13.6. The van der Waals surface area contributed by atoms with E-state index < -0.39 is 0 Å². The van der Waals surface area contributed by atoms with Gasteiger partial charge >= 0.3 is 0 Å². The van der Waals surface area contributed by atoms with Crippen molar-refractivity contribution in [2.75, 3.05) is 25.5 Å². The summed E-state index contributed by atoms with van der Waals surface area (Å²) in [5.41, 5.74) is 3.59. The largest absolute Gasteiger partial charge is 0.378 e. The average molecular weight is 445 g/mol. The Morgan fingerprint density at radius 2 is 1.85 bits per heavy atom. The van der Waals surface area contributed by atoms with Gasteiger partial charge in [0.1, 0.15) is 5.82 Å². The Bertz CT molecular complexity index is 1250. The van der Waals surface area contributed by atoms with Gasteiger partial charge in [-0.1, -0.05) is 25.0 Å². The summed E-state index contributed by atoms with van der Waals surface area (Å²) >= 11 is 0. The minimum Gasteiger partial charge on any atom is -0.378 e. The number of nitrogens with zero attached hydrogens (tertiary/aromatic N) is 4. The summed E-state index contributed by atoms with van der Waals surface area (Å²) in [5, 5.41) is 0.604. The molecular weight excluding hydrogens is 412 g/mol. The van der Waals surface area contributed by atoms with Crippen LogP contribution in [-0.4, -0.2) is 41.0 Å². The first kappa shape index (κ1) is 21.7. The van der Waals surface area contributed by atoms with Crippen molar-refractivity contribution in [3.63, 3.8) is 0 Å². The van der Waals surface area contributed by atoms with Gasteiger partial charge in [0.05, 0.1) is 16.9 Å². The predicted molar refractivity (Wildman–Crippen MR) is 132 cm³/mol. The molecule has 2 aliphatic rings. The lowest BCUT2D eigenvalue weighted by Crippen LogP contribution is -2.31. The van der Waals surface area contributed by atoms with Crippen LogP contribution in [0.3, 0.4) is 0 Å². The molecule has 3 heterocycles. The topological polar surface area (TPSA) is 58.4 Å². The Kier molecular flexibility index (Phi) is 5.92. The molecule has 0 aliphatic carbocycles. The summed E-state index contributed by atoms with van der Waals surface area (Å²) in [6, 6.07) is 13.9. The first-order valence-electron chi connectivity index (χ1n) is 12.1. The zero-order valence-corrected chi connectivity index (χ0v) is 19.6. The van der Waals surface area contributed by atoms with Crippen LogP contribution in [0.4, 0.5) is 5.69 Å². The second-order valence-electron chi connectivity index (χ2n) is 9.53. The van der Waals surface area contributed by atoms with Crippen molar-refractivity contribution in [1.29, 1.82) is 0 Å². The van der Waals surface area contributed by atoms with E-state index in [0.717, 1.165) is 63.1 Å². The van der Waals surface area contributed by atoms with E-state index in [1.807, 2.05) is 29.6 Å². The number of amides is 1. The quantitative estimate of drug-likeness (QED) is 0.594. The molecule has 172 valence electrons. The van der Waals surface area contributed by atoms with Gasteiger partial charge in [0, 0.05) is 44.9 Å². The van der Waals surface area contributed by atoms with E-state index in [1.165, 1.54) is 12.0 Å². The van der Waals surface area contributed by atoms with Gasteiger partial charge in [0.15, 0.2) is 0 Å². The fraction of sp³-hybridized carbons (Fsp3) is 0.444. The number of aromatic nitrogens is 2. The molecule has 2 aromatic carbocycles. The van der Waals surface area contributed by atoms with E-state index in [-0.39, 0.29) is 17.5 Å². The van der Waals surface area contributed by atoms with E-state index >= 15 is 0 Å². The van der Waals surface area contributed by atoms with Crippen molar-refractivity contribution in [3.05, 3.63) is 69.8 Å². The molecule has 5 rings (SSSR count). The van der Waals surface area contributed by atoms with Gasteiger partial charge in [-0.2, -0.15) is 0 Å². The van der Waals surface area contributed by atoms with E-state index in [4.69, 9.17) is 4.98 Å². The molecule has 0 bridgehead atoms. The van der Waals surface area contributed by atoms with E-state index in [2.05, 4.69) is 29.2 Å². The van der Waals surface area contributed by atoms with Crippen molar-refractivity contribution in [3.8, 4) is 0 Å². The van der Waals surface area contributed by atoms with Gasteiger partial charge in [-0.25, -0.2) is 4.98 Å². The lowest BCUT2D eigenvalue weighted by molar-refractivity contribution is 0.0736. The van der Waals surface area contributed by atoms with Crippen LogP contribution < -0.4 is 10.5 Å². The summed E-state index contributed by atoms with van der Waals surface area (Å²) in [7, 11) is 4.06. The van der Waals surface area contributed by atoms with E-state index in [9.17, 15) is 9.59 Å². The molecule has 1 aromatic heterocycles. The molecule has 0 saturated carbocycles. The number of hydrogen-bond donors (Lipinski definition) is 0. The number of anilines is 1. The van der Waals surface area contributed by atoms with Gasteiger partial charge in [-0.15, -0.1) is 0 Å². The molecule has 1 saturated heterocycles. The lowest BCUT2D eigenvalue weighted by atomic mass is 10.0. The third-order valence-electron chi connectivity index (χ3n) is 7.10. The van der Waals surface area contributed by atoms with Gasteiger partial charge in [-0.3, -0.25) is 14.2 Å². The van der Waals surface area contributed by atoms with Crippen LogP contribution in [0.25, 0.3) is 10.9 Å². The minimum absolute atomic E-state index is 0.0169. The highest BCUT2D eigenvalue weighted by Crippen LogP contribution is 2.34. The Morgan fingerprint density at radius 1 is 1.00 bits per heavy atom. The Morgan fingerprint density at radius 3 is 2.70 bits per heavy atom. The van der Waals surface area contributed by atoms with Gasteiger partial charge in [-0.05, 0) is 61.6 Å². The third-order valence-corrected chi connectivity index (χ3v) is 7.10. The molecule has 1 unspecified atom stereocenters. The second-order valence-corrected chi connectivity index (χ2v) is 9.53. The molecule has 0 N–H and O–H groups in total. The maximum absolute atomic E-state index is 13.6. The van der Waals surface area contributed by atoms with Crippen LogP contribution in [0.5, 0.6) is 0 Å². The lowest BCUT2D eigenvalue weighted by Gasteiger charge is -2.26. The van der Waals surface area contributed by atoms with Crippen LogP contribution in [-0.2, 0) is 13.0 Å². The highest BCUT2D eigenvalue weighted by atomic mass is 16.2. The standard InChI is InChI=1S/C27H32N4O2/c1-29(2)21-10-7-9-19(17-21)24-11-8-16-30(24)26(32)20-13-14-22-23(18-20)28-25-12-5-3-4-6-15-31(25)27(22)33/h7,9-10,13-14,17-18,24H,3-6,8,11-12,15-16H2,1-2H3. The summed E-state index contributed by atoms with van der Waals surface area (Å²) in [4.78, 5) is 35.6. The highest BCUT2D eigenvalue weighted by Gasteiger charge is 2.31. The smallest absolute Gasteiger partial charge is 0.261 e. The SMILES string of the molecule is CN(C)c1cccc(C2CCCN2C(=O)c2ccc3c(=O)n4c(nc3c2)CCCCCC4)c1. The predicted octanol–water partition coefficient (Wildman–Crippen LogP) is 4.56. The Hall–Kier alpha value is -3.15. The molecule has 6 heteroatoms. The number of carbonyl (C=O) groups excluding carboxylic acids is 1. The number of fused-ring (bicyclic) bond motifs is 2. The summed E-state index contributed by atoms with van der Waals surface area (Å²) in [6.45, 7) is 1.48. The highest BCUT2D eigenvalue weighted by molar-refractivity contribution is 5.98. The molecular formula is C27H32N4O2. The monoisotopic (exact) mass is 444 g/mol. The normalized spacial score (nSPS) is 18.6. The second kappa shape index (κ2) is 9.00. The molecule has 1 amide bonds. The van der Waals surface area contributed by atoms with Crippen LogP contribution in [0.1, 0.15) is 66.3 Å². The summed E-state index contributed by atoms with van der Waals surface area (Å²) in [5.74, 6) is 0.875. The molecule has 1 fully saturated rings. The van der Waals surface area contributed by atoms with Gasteiger partial charge < -0.3 is 9.80 Å². The molecule has 3 aromatic rings. The van der Waals surface area contributed by atoms with Gasteiger partial charge in [0.25, 0.3) is 11.5 Å². The first-order chi connectivity index (χ1) is 16.0. The zero-order valence-electron chi connectivity index (χ0n) is 19.6. The molecule has 0 radical (unpaired) electrons. The zero-order chi connectivity index (χ0) is 22.9. The first-order valence-corrected chi connectivity index (χ1v) is 12.1. The fourth-order valence-corrected chi connectivity index (χ4v) is 5.26. The Balaban J connectivity index is 1.48. The molecule has 6 nitrogen and oxygen atoms in total. The van der Waals surface area contributed by atoms with Crippen LogP contribution in [0, 0.1) is 0 Å². The van der Waals surface area contributed by atoms with Crippen molar-refractivity contribution in [2.45, 2.75) is 57.5 Å². The third kappa shape index (κ3) is 4.14. The maximum Gasteiger partial charge on any atom is 0.261 e. The van der Waals surface area contributed by atoms with Crippen molar-refractivity contribution in [2.24, 2.45) is 0 Å². The van der Waals surface area contributed by atoms with Crippen molar-refractivity contribution < 1.29 is 4.79 Å². The van der Waals surface area contributed by atoms with Gasteiger partial charge in [0.2, 0.25) is 0 Å². The van der Waals surface area contributed by atoms with Crippen LogP contribution in [0.2, 0.25) is 0 Å². The fourth-order valence-electron chi connectivity index (χ4n) is 5.26. The van der Waals surface area contributed by atoms with Crippen molar-refractivity contribution in [1.82, 2.24) is 14.5 Å². The average Bonchev–Trinajstić information content (AvgIpc) is 3.29. The summed E-state index contributed by atoms with van der Waals surface area (Å²) in [6.07, 6.45) is 7.18. The molecule has 33 heavy (non-hydrogen) atoms. The summed E-state index contributed by atoms with van der Waals surface area (Å²) < 4.78 is 1.84. The van der Waals surface area contributed by atoms with Crippen LogP contribution >= 0.6 is 0 Å². The molecule has 1 atom stereocenters. The van der Waals surface area contributed by atoms with E-state index in [1.54, 1.807) is 12.1 Å². The number of carbonyl (C=O) groups is 1. The number of rotatable bonds is 3. The number of aryl methyl sites for hydroxylation is 1. The number of likely N-dealkylation sites (tertiary alicyclic amines) is 1. The number of hydrogen-bond acceptors (Lipinski definition) is 4. The number of benzene rings is 2. The van der Waals surface area contributed by atoms with Crippen LogP contribution in [0.15, 0.2) is 47.3 Å². The molecule has 0 spiro atoms. The molecule has 2 aliphatic heterocycles. The Labute approximate surface area is 194 Å². The van der Waals surface area contributed by atoms with Crippen molar-refractivity contribution >= 4 is 22.5 Å². The minimum atomic E-state index is 0.0169.